The fraction of sp³-hybridized carbons (Fsp3) is 0.0909. The van der Waals surface area contributed by atoms with Crippen LogP contribution in [0.1, 0.15) is 11.3 Å². The second-order valence-electron chi connectivity index (χ2n) is 3.19. The Labute approximate surface area is 86.0 Å². The highest BCUT2D eigenvalue weighted by Gasteiger charge is 2.07. The van der Waals surface area contributed by atoms with Crippen LogP contribution in [0.3, 0.4) is 0 Å². The molecule has 4 nitrogen and oxygen atoms in total. The zero-order valence-electron chi connectivity index (χ0n) is 8.14. The van der Waals surface area contributed by atoms with Crippen LogP contribution in [0.25, 0.3) is 17.0 Å². The van der Waals surface area contributed by atoms with E-state index in [0.717, 1.165) is 22.7 Å². The number of fused-ring (bicyclic) bond motifs is 1. The van der Waals surface area contributed by atoms with Crippen LogP contribution >= 0.6 is 0 Å². The number of para-hydroxylation sites is 1. The van der Waals surface area contributed by atoms with E-state index in [9.17, 15) is 10.1 Å². The highest BCUT2D eigenvalue weighted by Crippen LogP contribution is 2.25. The van der Waals surface area contributed by atoms with Crippen molar-refractivity contribution in [1.29, 1.82) is 0 Å². The van der Waals surface area contributed by atoms with Crippen LogP contribution in [0.4, 0.5) is 0 Å². The normalized spacial score (nSPS) is 11.3. The molecular weight excluding hydrogens is 194 g/mol. The van der Waals surface area contributed by atoms with E-state index in [2.05, 4.69) is 0 Å². The second kappa shape index (κ2) is 3.57. The van der Waals surface area contributed by atoms with Gasteiger partial charge in [-0.25, -0.2) is 0 Å². The van der Waals surface area contributed by atoms with Crippen LogP contribution in [0, 0.1) is 17.0 Å². The average molecular weight is 203 g/mol. The number of rotatable bonds is 2. The van der Waals surface area contributed by atoms with Crippen molar-refractivity contribution >= 4 is 17.0 Å². The maximum absolute atomic E-state index is 10.2. The van der Waals surface area contributed by atoms with E-state index < -0.39 is 4.92 Å². The largest absolute Gasteiger partial charge is 0.456 e. The molecule has 0 aliphatic carbocycles. The first-order chi connectivity index (χ1) is 7.18. The van der Waals surface area contributed by atoms with Crippen molar-refractivity contribution < 1.29 is 9.34 Å². The maximum atomic E-state index is 10.2. The van der Waals surface area contributed by atoms with E-state index in [1.165, 1.54) is 6.08 Å². The summed E-state index contributed by atoms with van der Waals surface area (Å²) in [4.78, 5) is 9.67. The first-order valence-corrected chi connectivity index (χ1v) is 4.48. The van der Waals surface area contributed by atoms with Crippen molar-refractivity contribution in [2.75, 3.05) is 0 Å². The molecule has 1 aromatic heterocycles. The third-order valence-electron chi connectivity index (χ3n) is 2.23. The first kappa shape index (κ1) is 9.45. The summed E-state index contributed by atoms with van der Waals surface area (Å²) < 4.78 is 5.46. The van der Waals surface area contributed by atoms with E-state index >= 15 is 0 Å². The average Bonchev–Trinajstić information content (AvgIpc) is 2.54. The zero-order valence-corrected chi connectivity index (χ0v) is 8.14. The molecule has 76 valence electrons. The van der Waals surface area contributed by atoms with Gasteiger partial charge in [0, 0.05) is 10.9 Å². The van der Waals surface area contributed by atoms with Gasteiger partial charge in [0.1, 0.15) is 11.3 Å². The summed E-state index contributed by atoms with van der Waals surface area (Å²) in [6, 6.07) is 7.54. The maximum Gasteiger partial charge on any atom is 0.238 e. The lowest BCUT2D eigenvalue weighted by molar-refractivity contribution is -0.401. The van der Waals surface area contributed by atoms with Crippen LogP contribution in [0.5, 0.6) is 0 Å². The molecule has 0 saturated heterocycles. The van der Waals surface area contributed by atoms with Gasteiger partial charge in [0.15, 0.2) is 0 Å². The highest BCUT2D eigenvalue weighted by atomic mass is 16.6. The smallest absolute Gasteiger partial charge is 0.238 e. The summed E-state index contributed by atoms with van der Waals surface area (Å²) in [5.74, 6) is 0.535. The molecule has 2 rings (SSSR count). The van der Waals surface area contributed by atoms with E-state index in [1.54, 1.807) is 0 Å². The van der Waals surface area contributed by atoms with E-state index in [1.807, 2.05) is 31.2 Å². The van der Waals surface area contributed by atoms with Crippen molar-refractivity contribution in [3.8, 4) is 0 Å². The van der Waals surface area contributed by atoms with Crippen LogP contribution in [-0.4, -0.2) is 4.92 Å². The number of benzene rings is 1. The second-order valence-corrected chi connectivity index (χ2v) is 3.19. The minimum absolute atomic E-state index is 0.507. The molecule has 0 unspecified atom stereocenters. The Morgan fingerprint density at radius 2 is 2.13 bits per heavy atom. The van der Waals surface area contributed by atoms with Gasteiger partial charge in [-0.15, -0.1) is 0 Å². The van der Waals surface area contributed by atoms with Gasteiger partial charge >= 0.3 is 0 Å². The Morgan fingerprint density at radius 3 is 2.80 bits per heavy atom. The topological polar surface area (TPSA) is 56.3 Å². The van der Waals surface area contributed by atoms with Crippen molar-refractivity contribution in [2.24, 2.45) is 0 Å². The van der Waals surface area contributed by atoms with Gasteiger partial charge in [0.2, 0.25) is 6.20 Å². The zero-order chi connectivity index (χ0) is 10.8. The lowest BCUT2D eigenvalue weighted by Gasteiger charge is -1.86. The molecule has 0 amide bonds. The minimum atomic E-state index is -0.507. The monoisotopic (exact) mass is 203 g/mol. The molecule has 4 heteroatoms. The van der Waals surface area contributed by atoms with Crippen molar-refractivity contribution in [1.82, 2.24) is 0 Å². The van der Waals surface area contributed by atoms with Crippen LogP contribution in [-0.2, 0) is 0 Å². The molecule has 0 aliphatic heterocycles. The standard InChI is InChI=1S/C11H9NO3/c1-8-9-4-2-3-5-11(9)15-10(8)6-7-12(13)14/h2-7H,1H3/b7-6+. The van der Waals surface area contributed by atoms with Crippen LogP contribution in [0.15, 0.2) is 34.9 Å². The van der Waals surface area contributed by atoms with Crippen molar-refractivity contribution in [3.05, 3.63) is 51.9 Å². The van der Waals surface area contributed by atoms with Crippen molar-refractivity contribution in [3.63, 3.8) is 0 Å². The number of hydrogen-bond donors (Lipinski definition) is 0. The molecule has 0 saturated carbocycles. The molecule has 0 spiro atoms. The molecule has 0 atom stereocenters. The molecule has 0 fully saturated rings. The van der Waals surface area contributed by atoms with Gasteiger partial charge in [0.25, 0.3) is 0 Å². The number of furan rings is 1. The van der Waals surface area contributed by atoms with Gasteiger partial charge in [-0.05, 0) is 13.0 Å². The van der Waals surface area contributed by atoms with Crippen molar-refractivity contribution in [2.45, 2.75) is 6.92 Å². The molecule has 15 heavy (non-hydrogen) atoms. The van der Waals surface area contributed by atoms with E-state index in [4.69, 9.17) is 4.42 Å². The third kappa shape index (κ3) is 1.74. The lowest BCUT2D eigenvalue weighted by atomic mass is 10.1. The summed E-state index contributed by atoms with van der Waals surface area (Å²) in [5.41, 5.74) is 1.67. The summed E-state index contributed by atoms with van der Waals surface area (Å²) >= 11 is 0. The molecular formula is C11H9NO3. The molecule has 1 aromatic carbocycles. The quantitative estimate of drug-likeness (QED) is 0.556. The highest BCUT2D eigenvalue weighted by molar-refractivity contribution is 5.84. The Bertz CT molecular complexity index is 540. The van der Waals surface area contributed by atoms with Crippen LogP contribution in [0.2, 0.25) is 0 Å². The van der Waals surface area contributed by atoms with Gasteiger partial charge in [-0.3, -0.25) is 10.1 Å². The predicted molar refractivity (Wildman–Crippen MR) is 57.0 cm³/mol. The Kier molecular flexibility index (Phi) is 2.25. The van der Waals surface area contributed by atoms with Gasteiger partial charge in [-0.1, -0.05) is 18.2 Å². The Morgan fingerprint density at radius 1 is 1.40 bits per heavy atom. The molecule has 0 N–H and O–H groups in total. The fourth-order valence-electron chi connectivity index (χ4n) is 1.48. The lowest BCUT2D eigenvalue weighted by Crippen LogP contribution is -1.82. The first-order valence-electron chi connectivity index (χ1n) is 4.48. The molecule has 0 bridgehead atoms. The number of nitrogens with zero attached hydrogens (tertiary/aromatic N) is 1. The number of hydrogen-bond acceptors (Lipinski definition) is 3. The predicted octanol–water partition coefficient (Wildman–Crippen LogP) is 2.99. The van der Waals surface area contributed by atoms with Gasteiger partial charge < -0.3 is 4.42 Å². The van der Waals surface area contributed by atoms with Crippen LogP contribution < -0.4 is 0 Å². The van der Waals surface area contributed by atoms with E-state index in [0.29, 0.717) is 5.76 Å². The Hall–Kier alpha value is -2.10. The molecule has 0 aliphatic rings. The molecule has 1 heterocycles. The van der Waals surface area contributed by atoms with E-state index in [-0.39, 0.29) is 0 Å². The SMILES string of the molecule is Cc1c(/C=C/[N+](=O)[O-])oc2ccccc12. The number of nitro groups is 1. The Balaban J connectivity index is 2.53. The number of aryl methyl sites for hydroxylation is 1. The minimum Gasteiger partial charge on any atom is -0.456 e. The fourth-order valence-corrected chi connectivity index (χ4v) is 1.48. The summed E-state index contributed by atoms with van der Waals surface area (Å²) in [6.45, 7) is 1.88. The van der Waals surface area contributed by atoms with Gasteiger partial charge in [-0.2, -0.15) is 0 Å². The van der Waals surface area contributed by atoms with Gasteiger partial charge in [0.05, 0.1) is 11.0 Å². The summed E-state index contributed by atoms with van der Waals surface area (Å²) in [5, 5.41) is 11.2. The summed E-state index contributed by atoms with van der Waals surface area (Å²) in [6.07, 6.45) is 2.25. The summed E-state index contributed by atoms with van der Waals surface area (Å²) in [7, 11) is 0. The molecule has 2 aromatic rings. The third-order valence-corrected chi connectivity index (χ3v) is 2.23. The molecule has 0 radical (unpaired) electrons.